The Bertz CT molecular complexity index is 2310. The van der Waals surface area contributed by atoms with Gasteiger partial charge >= 0.3 is 8.60 Å². The number of benzene rings is 6. The molecule has 0 amide bonds. The number of carbonyl (C=O) groups excluding carboxylic acids is 1. The van der Waals surface area contributed by atoms with Crippen LogP contribution in [0.3, 0.4) is 0 Å². The number of rotatable bonds is 20. The summed E-state index contributed by atoms with van der Waals surface area (Å²) in [6.45, 7) is 27.5. The molecule has 6 unspecified atom stereocenters. The largest absolute Gasteiger partial charge is 0.530 e. The minimum Gasteiger partial charge on any atom is -0.409 e. The predicted molar refractivity (Wildman–Crippen MR) is 265 cm³/mol. The highest BCUT2D eigenvalue weighted by Gasteiger charge is 2.28. The molecule has 328 valence electrons. The summed E-state index contributed by atoms with van der Waals surface area (Å²) >= 11 is 0. The van der Waals surface area contributed by atoms with Crippen LogP contribution in [-0.4, -0.2) is 5.78 Å². The second kappa shape index (κ2) is 21.1. The zero-order valence-electron chi connectivity index (χ0n) is 39.6. The third kappa shape index (κ3) is 10.4. The van der Waals surface area contributed by atoms with Crippen molar-refractivity contribution < 1.29 is 18.4 Å². The summed E-state index contributed by atoms with van der Waals surface area (Å²) in [4.78, 5) is 13.4. The van der Waals surface area contributed by atoms with E-state index < -0.39 is 8.60 Å². The summed E-state index contributed by atoms with van der Waals surface area (Å²) in [7, 11) is -2.04. The third-order valence-electron chi connectivity index (χ3n) is 13.9. The van der Waals surface area contributed by atoms with Crippen LogP contribution in [0.2, 0.25) is 0 Å². The van der Waals surface area contributed by atoms with Crippen molar-refractivity contribution in [3.63, 3.8) is 0 Å². The fourth-order valence-corrected chi connectivity index (χ4v) is 9.36. The van der Waals surface area contributed by atoms with Crippen LogP contribution in [0.4, 0.5) is 0 Å². The molecule has 6 aromatic rings. The maximum atomic E-state index is 13.4. The van der Waals surface area contributed by atoms with Gasteiger partial charge in [0.25, 0.3) is 0 Å². The van der Waals surface area contributed by atoms with Crippen molar-refractivity contribution in [1.29, 1.82) is 0 Å². The lowest BCUT2D eigenvalue weighted by Gasteiger charge is -2.26. The van der Waals surface area contributed by atoms with Gasteiger partial charge in [-0.3, -0.25) is 4.79 Å². The van der Waals surface area contributed by atoms with Crippen LogP contribution in [0.15, 0.2) is 103 Å². The normalized spacial score (nSPS) is 15.1. The third-order valence-corrected chi connectivity index (χ3v) is 14.9. The molecule has 0 radical (unpaired) electrons. The molecular formula is C57H71O4P. The van der Waals surface area contributed by atoms with Crippen LogP contribution in [0, 0.1) is 0 Å². The van der Waals surface area contributed by atoms with Crippen molar-refractivity contribution in [2.75, 3.05) is 0 Å². The van der Waals surface area contributed by atoms with Crippen molar-refractivity contribution in [2.24, 2.45) is 0 Å². The summed E-state index contributed by atoms with van der Waals surface area (Å²) in [5.41, 5.74) is 9.05. The summed E-state index contributed by atoms with van der Waals surface area (Å²) in [6, 6.07) is 35.7. The molecular weight excluding hydrogens is 780 g/mol. The minimum atomic E-state index is -2.04. The first-order valence-electron chi connectivity index (χ1n) is 23.6. The van der Waals surface area contributed by atoms with Gasteiger partial charge in [0.15, 0.2) is 5.78 Å². The van der Waals surface area contributed by atoms with Crippen LogP contribution < -0.4 is 13.6 Å². The van der Waals surface area contributed by atoms with Crippen LogP contribution >= 0.6 is 8.60 Å². The molecule has 6 rings (SSSR count). The van der Waals surface area contributed by atoms with E-state index in [1.54, 1.807) is 0 Å². The first kappa shape index (κ1) is 46.8. The van der Waals surface area contributed by atoms with Crippen LogP contribution in [0.5, 0.6) is 17.2 Å². The summed E-state index contributed by atoms with van der Waals surface area (Å²) < 4.78 is 21.3. The second-order valence-electron chi connectivity index (χ2n) is 18.0. The van der Waals surface area contributed by atoms with Gasteiger partial charge in [-0.05, 0) is 177 Å². The maximum Gasteiger partial charge on any atom is 0.530 e. The van der Waals surface area contributed by atoms with Crippen molar-refractivity contribution in [3.8, 4) is 17.2 Å². The highest BCUT2D eigenvalue weighted by molar-refractivity contribution is 7.43. The Hall–Kier alpha value is -4.66. The number of ketones is 1. The molecule has 5 heteroatoms. The first-order valence-corrected chi connectivity index (χ1v) is 24.7. The standard InChI is InChI=1S/C57H71O4P/c1-13-36(7)44-28-46-32-51(40(11)17-5)55(34-53(46)49(30-44)38(9)15-3)60-62(59-48-26-24-43(25-27-48)57(58)42-22-20-19-21-23-42)61-56-35-54-47(33-52(56)41(12)18-6)29-45(37(8)14-2)31-50(54)39(10)16-4/h19-41H,13-18H2,1-12H3. The Kier molecular flexibility index (Phi) is 16.0. The number of hydrogen-bond donors (Lipinski definition) is 0. The van der Waals surface area contributed by atoms with Gasteiger partial charge in [-0.2, -0.15) is 0 Å². The van der Waals surface area contributed by atoms with E-state index in [1.165, 1.54) is 43.8 Å². The molecule has 0 heterocycles. The molecule has 4 nitrogen and oxygen atoms in total. The summed E-state index contributed by atoms with van der Waals surface area (Å²) in [5.74, 6) is 4.31. The molecule has 6 atom stereocenters. The van der Waals surface area contributed by atoms with Crippen LogP contribution in [-0.2, 0) is 0 Å². The van der Waals surface area contributed by atoms with E-state index in [9.17, 15) is 4.79 Å². The van der Waals surface area contributed by atoms with Crippen molar-refractivity contribution in [2.45, 2.75) is 157 Å². The number of fused-ring (bicyclic) bond motifs is 2. The van der Waals surface area contributed by atoms with E-state index in [2.05, 4.69) is 132 Å². The van der Waals surface area contributed by atoms with Crippen LogP contribution in [0.1, 0.15) is 206 Å². The fourth-order valence-electron chi connectivity index (χ4n) is 8.31. The SMILES string of the molecule is CCC(C)c1cc(C(C)CC)c2cc(OP(Oc3ccc(C(=O)c4ccccc4)cc3)Oc3cc4c(C(C)CC)cc(C(C)CC)cc4cc3C(C)CC)c(C(C)CC)cc2c1. The fraction of sp³-hybridized carbons (Fsp3) is 0.421. The Morgan fingerprint density at radius 2 is 0.823 bits per heavy atom. The molecule has 0 saturated carbocycles. The summed E-state index contributed by atoms with van der Waals surface area (Å²) in [6.07, 6.45) is 6.19. The van der Waals surface area contributed by atoms with Crippen molar-refractivity contribution >= 4 is 35.9 Å². The Morgan fingerprint density at radius 3 is 1.23 bits per heavy atom. The predicted octanol–water partition coefficient (Wildman–Crippen LogP) is 18.1. The first-order chi connectivity index (χ1) is 29.8. The van der Waals surface area contributed by atoms with Gasteiger partial charge in [-0.1, -0.05) is 138 Å². The molecule has 0 aromatic heterocycles. The molecule has 0 aliphatic heterocycles. The van der Waals surface area contributed by atoms with Gasteiger partial charge in [0.2, 0.25) is 0 Å². The molecule has 0 spiro atoms. The smallest absolute Gasteiger partial charge is 0.409 e. The highest BCUT2D eigenvalue weighted by Crippen LogP contribution is 2.50. The van der Waals surface area contributed by atoms with Gasteiger partial charge in [0.05, 0.1) is 0 Å². The lowest BCUT2D eigenvalue weighted by atomic mass is 9.85. The number of hydrogen-bond acceptors (Lipinski definition) is 4. The molecule has 0 N–H and O–H groups in total. The lowest BCUT2D eigenvalue weighted by molar-refractivity contribution is 0.103. The van der Waals surface area contributed by atoms with E-state index in [1.807, 2.05) is 54.6 Å². The second-order valence-corrected chi connectivity index (χ2v) is 19.0. The molecule has 6 aromatic carbocycles. The van der Waals surface area contributed by atoms with Crippen LogP contribution in [0.25, 0.3) is 21.5 Å². The number of carbonyl (C=O) groups is 1. The maximum absolute atomic E-state index is 13.4. The molecule has 0 saturated heterocycles. The molecule has 0 fully saturated rings. The van der Waals surface area contributed by atoms with E-state index >= 15 is 0 Å². The van der Waals surface area contributed by atoms with Gasteiger partial charge in [-0.25, -0.2) is 0 Å². The van der Waals surface area contributed by atoms with E-state index in [4.69, 9.17) is 13.6 Å². The van der Waals surface area contributed by atoms with Gasteiger partial charge in [-0.15, -0.1) is 0 Å². The minimum absolute atomic E-state index is 0.0298. The Balaban J connectivity index is 1.52. The molecule has 62 heavy (non-hydrogen) atoms. The summed E-state index contributed by atoms with van der Waals surface area (Å²) in [5, 5.41) is 4.95. The van der Waals surface area contributed by atoms with Crippen molar-refractivity contribution in [3.05, 3.63) is 148 Å². The van der Waals surface area contributed by atoms with E-state index in [0.717, 1.165) is 61.2 Å². The monoisotopic (exact) mass is 851 g/mol. The van der Waals surface area contributed by atoms with E-state index in [0.29, 0.717) is 40.5 Å². The lowest BCUT2D eigenvalue weighted by Crippen LogP contribution is -2.08. The highest BCUT2D eigenvalue weighted by atomic mass is 31.2. The van der Waals surface area contributed by atoms with Crippen molar-refractivity contribution in [1.82, 2.24) is 0 Å². The topological polar surface area (TPSA) is 44.8 Å². The zero-order chi connectivity index (χ0) is 44.7. The quantitative estimate of drug-likeness (QED) is 0.0567. The Morgan fingerprint density at radius 1 is 0.435 bits per heavy atom. The van der Waals surface area contributed by atoms with Gasteiger partial charge in [0.1, 0.15) is 17.2 Å². The average Bonchev–Trinajstić information content (AvgIpc) is 3.31. The average molecular weight is 851 g/mol. The molecule has 0 aliphatic carbocycles. The molecule has 0 aliphatic rings. The van der Waals surface area contributed by atoms with Gasteiger partial charge in [0, 0.05) is 11.1 Å². The van der Waals surface area contributed by atoms with E-state index in [-0.39, 0.29) is 17.6 Å². The Labute approximate surface area is 374 Å². The zero-order valence-corrected chi connectivity index (χ0v) is 40.5. The van der Waals surface area contributed by atoms with Gasteiger partial charge < -0.3 is 13.6 Å². The molecule has 0 bridgehead atoms.